The van der Waals surface area contributed by atoms with Gasteiger partial charge >= 0.3 is 0 Å². The molecule has 1 aliphatic carbocycles. The molecule has 0 radical (unpaired) electrons. The van der Waals surface area contributed by atoms with Gasteiger partial charge in [0, 0.05) is 18.5 Å². The lowest BCUT2D eigenvalue weighted by molar-refractivity contribution is 0.0615. The third-order valence-electron chi connectivity index (χ3n) is 3.83. The summed E-state index contributed by atoms with van der Waals surface area (Å²) in [4.78, 5) is 18.5. The normalized spacial score (nSPS) is 23.9. The molecular weight excluding hydrogens is 246 g/mol. The average molecular weight is 267 g/mol. The van der Waals surface area contributed by atoms with Crippen LogP contribution in [0, 0.1) is 12.8 Å². The Labute approximate surface area is 112 Å². The zero-order chi connectivity index (χ0) is 13.1. The standard InChI is InChI=1S/C13H21N3OS/c1-9-15-11(8-18-9)13(17)16(2)12-6-4-3-5-10(12)7-14/h8,10,12H,3-7,14H2,1-2H3. The van der Waals surface area contributed by atoms with E-state index >= 15 is 0 Å². The number of hydrogen-bond donors (Lipinski definition) is 1. The molecule has 1 saturated carbocycles. The summed E-state index contributed by atoms with van der Waals surface area (Å²) >= 11 is 1.52. The fourth-order valence-electron chi connectivity index (χ4n) is 2.77. The Hall–Kier alpha value is -0.940. The summed E-state index contributed by atoms with van der Waals surface area (Å²) in [6, 6.07) is 0.276. The maximum absolute atomic E-state index is 12.3. The van der Waals surface area contributed by atoms with Gasteiger partial charge in [0.1, 0.15) is 5.69 Å². The minimum Gasteiger partial charge on any atom is -0.337 e. The van der Waals surface area contributed by atoms with E-state index in [2.05, 4.69) is 4.98 Å². The second-order valence-corrected chi connectivity index (χ2v) is 6.08. The van der Waals surface area contributed by atoms with Crippen molar-refractivity contribution in [3.8, 4) is 0 Å². The van der Waals surface area contributed by atoms with E-state index in [9.17, 15) is 4.79 Å². The molecule has 0 aromatic carbocycles. The molecule has 2 atom stereocenters. The lowest BCUT2D eigenvalue weighted by Gasteiger charge is -2.37. The van der Waals surface area contributed by atoms with Crippen LogP contribution in [0.5, 0.6) is 0 Å². The molecule has 1 aromatic rings. The van der Waals surface area contributed by atoms with E-state index in [4.69, 9.17) is 5.73 Å². The SMILES string of the molecule is Cc1nc(C(=O)N(C)C2CCCCC2CN)cs1. The average Bonchev–Trinajstić information content (AvgIpc) is 2.83. The van der Waals surface area contributed by atoms with Crippen molar-refractivity contribution < 1.29 is 4.79 Å². The summed E-state index contributed by atoms with van der Waals surface area (Å²) in [6.45, 7) is 2.59. The van der Waals surface area contributed by atoms with E-state index in [1.54, 1.807) is 0 Å². The summed E-state index contributed by atoms with van der Waals surface area (Å²) in [6.07, 6.45) is 4.62. The summed E-state index contributed by atoms with van der Waals surface area (Å²) in [5.74, 6) is 0.470. The first kappa shape index (κ1) is 13.5. The summed E-state index contributed by atoms with van der Waals surface area (Å²) in [5, 5.41) is 2.78. The van der Waals surface area contributed by atoms with Gasteiger partial charge in [0.2, 0.25) is 0 Å². The van der Waals surface area contributed by atoms with Crippen LogP contribution in [0.2, 0.25) is 0 Å². The number of hydrogen-bond acceptors (Lipinski definition) is 4. The minimum absolute atomic E-state index is 0.0321. The summed E-state index contributed by atoms with van der Waals surface area (Å²) in [5.41, 5.74) is 6.39. The van der Waals surface area contributed by atoms with Crippen molar-refractivity contribution in [3.63, 3.8) is 0 Å². The maximum atomic E-state index is 12.3. The van der Waals surface area contributed by atoms with Gasteiger partial charge < -0.3 is 10.6 Å². The zero-order valence-corrected chi connectivity index (χ0v) is 11.9. The molecule has 0 spiro atoms. The number of carbonyl (C=O) groups excluding carboxylic acids is 1. The number of rotatable bonds is 3. The van der Waals surface area contributed by atoms with Crippen LogP contribution in [0.25, 0.3) is 0 Å². The van der Waals surface area contributed by atoms with Crippen LogP contribution in [0.3, 0.4) is 0 Å². The van der Waals surface area contributed by atoms with Crippen molar-refractivity contribution >= 4 is 17.2 Å². The number of nitrogens with zero attached hydrogens (tertiary/aromatic N) is 2. The molecule has 4 nitrogen and oxygen atoms in total. The molecule has 1 aromatic heterocycles. The Morgan fingerprint density at radius 1 is 1.56 bits per heavy atom. The number of carbonyl (C=O) groups is 1. The number of thiazole rings is 1. The Kier molecular flexibility index (Phi) is 4.35. The van der Waals surface area contributed by atoms with Gasteiger partial charge in [0.25, 0.3) is 5.91 Å². The van der Waals surface area contributed by atoms with E-state index in [-0.39, 0.29) is 11.9 Å². The van der Waals surface area contributed by atoms with Crippen LogP contribution in [0.4, 0.5) is 0 Å². The first-order valence-corrected chi connectivity index (χ1v) is 7.40. The molecule has 0 bridgehead atoms. The van der Waals surface area contributed by atoms with Crippen LogP contribution in [-0.2, 0) is 0 Å². The van der Waals surface area contributed by atoms with E-state index < -0.39 is 0 Å². The highest BCUT2D eigenvalue weighted by Gasteiger charge is 2.30. The summed E-state index contributed by atoms with van der Waals surface area (Å²) in [7, 11) is 1.88. The van der Waals surface area contributed by atoms with Crippen molar-refractivity contribution in [2.24, 2.45) is 11.7 Å². The van der Waals surface area contributed by atoms with Crippen molar-refractivity contribution in [2.45, 2.75) is 38.6 Å². The molecule has 2 unspecified atom stereocenters. The van der Waals surface area contributed by atoms with Crippen LogP contribution >= 0.6 is 11.3 Å². The van der Waals surface area contributed by atoms with Crippen LogP contribution in [0.1, 0.15) is 41.2 Å². The first-order valence-electron chi connectivity index (χ1n) is 6.53. The van der Waals surface area contributed by atoms with Gasteiger partial charge in [0.05, 0.1) is 5.01 Å². The monoisotopic (exact) mass is 267 g/mol. The highest BCUT2D eigenvalue weighted by atomic mass is 32.1. The van der Waals surface area contributed by atoms with Crippen LogP contribution < -0.4 is 5.73 Å². The largest absolute Gasteiger partial charge is 0.337 e. The third-order valence-corrected chi connectivity index (χ3v) is 4.60. The lowest BCUT2D eigenvalue weighted by Crippen LogP contribution is -2.46. The molecule has 1 aliphatic rings. The highest BCUT2D eigenvalue weighted by molar-refractivity contribution is 7.09. The molecule has 100 valence electrons. The maximum Gasteiger partial charge on any atom is 0.273 e. The molecule has 5 heteroatoms. The Bertz CT molecular complexity index is 418. The smallest absolute Gasteiger partial charge is 0.273 e. The van der Waals surface area contributed by atoms with Crippen molar-refractivity contribution in [3.05, 3.63) is 16.1 Å². The van der Waals surface area contributed by atoms with Gasteiger partial charge in [-0.15, -0.1) is 11.3 Å². The Morgan fingerprint density at radius 2 is 2.28 bits per heavy atom. The Balaban J connectivity index is 2.09. The number of aromatic nitrogens is 1. The molecule has 1 fully saturated rings. The predicted molar refractivity (Wildman–Crippen MR) is 73.7 cm³/mol. The topological polar surface area (TPSA) is 59.2 Å². The van der Waals surface area contributed by atoms with Gasteiger partial charge in [-0.1, -0.05) is 12.8 Å². The Morgan fingerprint density at radius 3 is 2.89 bits per heavy atom. The number of nitrogens with two attached hydrogens (primary N) is 1. The predicted octanol–water partition coefficient (Wildman–Crippen LogP) is 2.04. The quantitative estimate of drug-likeness (QED) is 0.911. The molecule has 18 heavy (non-hydrogen) atoms. The molecular formula is C13H21N3OS. The molecule has 0 aliphatic heterocycles. The van der Waals surface area contributed by atoms with Crippen molar-refractivity contribution in [1.29, 1.82) is 0 Å². The van der Waals surface area contributed by atoms with E-state index in [0.29, 0.717) is 18.2 Å². The first-order chi connectivity index (χ1) is 8.63. The fourth-order valence-corrected chi connectivity index (χ4v) is 3.35. The van der Waals surface area contributed by atoms with E-state index in [1.807, 2.05) is 24.3 Å². The minimum atomic E-state index is 0.0321. The van der Waals surface area contributed by atoms with E-state index in [1.165, 1.54) is 24.2 Å². The molecule has 1 amide bonds. The fraction of sp³-hybridized carbons (Fsp3) is 0.692. The lowest BCUT2D eigenvalue weighted by atomic mass is 9.83. The van der Waals surface area contributed by atoms with Gasteiger partial charge in [-0.3, -0.25) is 4.79 Å². The van der Waals surface area contributed by atoms with Crippen LogP contribution in [-0.4, -0.2) is 35.4 Å². The second-order valence-electron chi connectivity index (χ2n) is 5.02. The van der Waals surface area contributed by atoms with Gasteiger partial charge in [0.15, 0.2) is 0 Å². The molecule has 0 saturated heterocycles. The third kappa shape index (κ3) is 2.72. The van der Waals surface area contributed by atoms with Gasteiger partial charge in [-0.25, -0.2) is 4.98 Å². The van der Waals surface area contributed by atoms with Gasteiger partial charge in [-0.05, 0) is 32.2 Å². The van der Waals surface area contributed by atoms with E-state index in [0.717, 1.165) is 17.8 Å². The zero-order valence-electron chi connectivity index (χ0n) is 11.1. The summed E-state index contributed by atoms with van der Waals surface area (Å²) < 4.78 is 0. The van der Waals surface area contributed by atoms with Crippen molar-refractivity contribution in [1.82, 2.24) is 9.88 Å². The molecule has 1 heterocycles. The van der Waals surface area contributed by atoms with Crippen LogP contribution in [0.15, 0.2) is 5.38 Å². The van der Waals surface area contributed by atoms with Gasteiger partial charge in [-0.2, -0.15) is 0 Å². The number of aryl methyl sites for hydroxylation is 1. The second kappa shape index (κ2) is 5.80. The van der Waals surface area contributed by atoms with Crippen molar-refractivity contribution in [2.75, 3.05) is 13.6 Å². The number of amides is 1. The highest BCUT2D eigenvalue weighted by Crippen LogP contribution is 2.28. The molecule has 2 N–H and O–H groups in total. The molecule has 2 rings (SSSR count).